The SMILES string of the molecule is CCCNC(CC1CCCCC1)c1cnn(CCC)c1. The molecule has 0 aromatic carbocycles. The Balaban J connectivity index is 1.96. The van der Waals surface area contributed by atoms with Crippen molar-refractivity contribution < 1.29 is 0 Å². The van der Waals surface area contributed by atoms with Crippen LogP contribution >= 0.6 is 0 Å². The maximum atomic E-state index is 4.50. The zero-order valence-corrected chi connectivity index (χ0v) is 13.3. The van der Waals surface area contributed by atoms with Gasteiger partial charge in [-0.15, -0.1) is 0 Å². The van der Waals surface area contributed by atoms with Gasteiger partial charge >= 0.3 is 0 Å². The summed E-state index contributed by atoms with van der Waals surface area (Å²) in [7, 11) is 0. The molecule has 1 aliphatic rings. The van der Waals surface area contributed by atoms with E-state index in [1.54, 1.807) is 0 Å². The van der Waals surface area contributed by atoms with Gasteiger partial charge in [0.2, 0.25) is 0 Å². The lowest BCUT2D eigenvalue weighted by molar-refractivity contribution is 0.300. The highest BCUT2D eigenvalue weighted by molar-refractivity contribution is 5.10. The Morgan fingerprint density at radius 3 is 2.75 bits per heavy atom. The van der Waals surface area contributed by atoms with Crippen molar-refractivity contribution in [1.29, 1.82) is 0 Å². The number of nitrogens with zero attached hydrogens (tertiary/aromatic N) is 2. The Bertz CT molecular complexity index is 366. The zero-order valence-electron chi connectivity index (χ0n) is 13.3. The van der Waals surface area contributed by atoms with Gasteiger partial charge in [0.25, 0.3) is 0 Å². The van der Waals surface area contributed by atoms with E-state index in [0.717, 1.165) is 25.4 Å². The predicted molar refractivity (Wildman–Crippen MR) is 84.7 cm³/mol. The monoisotopic (exact) mass is 277 g/mol. The number of aromatic nitrogens is 2. The van der Waals surface area contributed by atoms with E-state index in [2.05, 4.69) is 41.3 Å². The smallest absolute Gasteiger partial charge is 0.0537 e. The average molecular weight is 277 g/mol. The first-order valence-electron chi connectivity index (χ1n) is 8.59. The molecule has 0 aliphatic heterocycles. The Morgan fingerprint density at radius 1 is 1.25 bits per heavy atom. The van der Waals surface area contributed by atoms with E-state index in [-0.39, 0.29) is 0 Å². The zero-order chi connectivity index (χ0) is 14.2. The second-order valence-electron chi connectivity index (χ2n) is 6.28. The second kappa shape index (κ2) is 8.46. The predicted octanol–water partition coefficient (Wildman–Crippen LogP) is 4.30. The van der Waals surface area contributed by atoms with Crippen LogP contribution in [0, 0.1) is 5.92 Å². The summed E-state index contributed by atoms with van der Waals surface area (Å²) in [6.07, 6.45) is 15.1. The molecule has 0 saturated heterocycles. The first kappa shape index (κ1) is 15.6. The van der Waals surface area contributed by atoms with Gasteiger partial charge in [-0.2, -0.15) is 5.10 Å². The minimum Gasteiger partial charge on any atom is -0.310 e. The summed E-state index contributed by atoms with van der Waals surface area (Å²) < 4.78 is 2.09. The standard InChI is InChI=1S/C17H31N3/c1-3-10-18-17(12-15-8-6-5-7-9-15)16-13-19-20(14-16)11-4-2/h13-15,17-18H,3-12H2,1-2H3. The van der Waals surface area contributed by atoms with Crippen LogP contribution in [0.15, 0.2) is 12.4 Å². The van der Waals surface area contributed by atoms with Gasteiger partial charge < -0.3 is 5.32 Å². The normalized spacial score (nSPS) is 18.3. The molecule has 1 atom stereocenters. The van der Waals surface area contributed by atoms with Crippen molar-refractivity contribution in [1.82, 2.24) is 15.1 Å². The summed E-state index contributed by atoms with van der Waals surface area (Å²) in [5.41, 5.74) is 1.39. The van der Waals surface area contributed by atoms with Crippen LogP contribution < -0.4 is 5.32 Å². The molecular weight excluding hydrogens is 246 g/mol. The van der Waals surface area contributed by atoms with Crippen LogP contribution in [0.3, 0.4) is 0 Å². The molecule has 0 bridgehead atoms. The van der Waals surface area contributed by atoms with Crippen molar-refractivity contribution in [2.24, 2.45) is 5.92 Å². The molecule has 2 rings (SSSR count). The first-order chi connectivity index (χ1) is 9.83. The minimum atomic E-state index is 0.503. The molecule has 0 spiro atoms. The molecule has 3 nitrogen and oxygen atoms in total. The highest BCUT2D eigenvalue weighted by Crippen LogP contribution is 2.31. The summed E-state index contributed by atoms with van der Waals surface area (Å²) in [5, 5.41) is 8.24. The Hall–Kier alpha value is -0.830. The van der Waals surface area contributed by atoms with Crippen LogP contribution in [0.1, 0.15) is 76.8 Å². The van der Waals surface area contributed by atoms with Gasteiger partial charge in [0.05, 0.1) is 6.20 Å². The number of hydrogen-bond donors (Lipinski definition) is 1. The number of rotatable bonds is 8. The van der Waals surface area contributed by atoms with E-state index in [4.69, 9.17) is 0 Å². The van der Waals surface area contributed by atoms with Gasteiger partial charge in [-0.3, -0.25) is 4.68 Å². The van der Waals surface area contributed by atoms with Crippen molar-refractivity contribution in [2.45, 2.75) is 77.8 Å². The second-order valence-corrected chi connectivity index (χ2v) is 6.28. The summed E-state index contributed by atoms with van der Waals surface area (Å²) in [4.78, 5) is 0. The van der Waals surface area contributed by atoms with Gasteiger partial charge in [-0.05, 0) is 31.7 Å². The molecule has 1 aromatic rings. The lowest BCUT2D eigenvalue weighted by Gasteiger charge is -2.26. The van der Waals surface area contributed by atoms with Gasteiger partial charge in [-0.25, -0.2) is 0 Å². The molecule has 1 N–H and O–H groups in total. The van der Waals surface area contributed by atoms with Gasteiger partial charge in [0, 0.05) is 24.3 Å². The lowest BCUT2D eigenvalue weighted by atomic mass is 9.84. The number of hydrogen-bond acceptors (Lipinski definition) is 2. The van der Waals surface area contributed by atoms with E-state index in [1.165, 1.54) is 50.5 Å². The van der Waals surface area contributed by atoms with E-state index in [1.807, 2.05) is 0 Å². The van der Waals surface area contributed by atoms with Crippen LogP contribution in [0.4, 0.5) is 0 Å². The van der Waals surface area contributed by atoms with Crippen LogP contribution in [0.5, 0.6) is 0 Å². The quantitative estimate of drug-likeness (QED) is 0.767. The number of aryl methyl sites for hydroxylation is 1. The summed E-state index contributed by atoms with van der Waals surface area (Å²) in [5.74, 6) is 0.910. The highest BCUT2D eigenvalue weighted by atomic mass is 15.3. The largest absolute Gasteiger partial charge is 0.310 e. The molecular formula is C17H31N3. The molecule has 3 heteroatoms. The van der Waals surface area contributed by atoms with E-state index >= 15 is 0 Å². The van der Waals surface area contributed by atoms with Crippen LogP contribution in [0.2, 0.25) is 0 Å². The van der Waals surface area contributed by atoms with Crippen molar-refractivity contribution in [3.63, 3.8) is 0 Å². The summed E-state index contributed by atoms with van der Waals surface area (Å²) in [6.45, 7) is 6.58. The van der Waals surface area contributed by atoms with Crippen molar-refractivity contribution >= 4 is 0 Å². The molecule has 114 valence electrons. The topological polar surface area (TPSA) is 29.9 Å². The Kier molecular flexibility index (Phi) is 6.58. The fraction of sp³-hybridized carbons (Fsp3) is 0.824. The molecule has 0 radical (unpaired) electrons. The van der Waals surface area contributed by atoms with E-state index in [9.17, 15) is 0 Å². The third-order valence-corrected chi connectivity index (χ3v) is 4.44. The third-order valence-electron chi connectivity index (χ3n) is 4.44. The maximum absolute atomic E-state index is 4.50. The van der Waals surface area contributed by atoms with E-state index < -0.39 is 0 Å². The number of nitrogens with one attached hydrogen (secondary N) is 1. The van der Waals surface area contributed by atoms with Crippen LogP contribution in [-0.4, -0.2) is 16.3 Å². The van der Waals surface area contributed by atoms with Crippen molar-refractivity contribution in [2.75, 3.05) is 6.54 Å². The van der Waals surface area contributed by atoms with Crippen LogP contribution in [0.25, 0.3) is 0 Å². The van der Waals surface area contributed by atoms with Gasteiger partial charge in [0.1, 0.15) is 0 Å². The lowest BCUT2D eigenvalue weighted by Crippen LogP contribution is -2.25. The molecule has 1 unspecified atom stereocenters. The fourth-order valence-electron chi connectivity index (χ4n) is 3.32. The molecule has 1 heterocycles. The first-order valence-corrected chi connectivity index (χ1v) is 8.59. The maximum Gasteiger partial charge on any atom is 0.0537 e. The minimum absolute atomic E-state index is 0.503. The molecule has 0 amide bonds. The Labute approximate surface area is 124 Å². The molecule has 1 fully saturated rings. The van der Waals surface area contributed by atoms with Gasteiger partial charge in [-0.1, -0.05) is 46.0 Å². The van der Waals surface area contributed by atoms with Crippen molar-refractivity contribution in [3.05, 3.63) is 18.0 Å². The van der Waals surface area contributed by atoms with E-state index in [0.29, 0.717) is 6.04 Å². The fourth-order valence-corrected chi connectivity index (χ4v) is 3.32. The summed E-state index contributed by atoms with van der Waals surface area (Å²) >= 11 is 0. The molecule has 20 heavy (non-hydrogen) atoms. The highest BCUT2D eigenvalue weighted by Gasteiger charge is 2.20. The summed E-state index contributed by atoms with van der Waals surface area (Å²) in [6, 6.07) is 0.503. The average Bonchev–Trinajstić information content (AvgIpc) is 2.93. The Morgan fingerprint density at radius 2 is 2.05 bits per heavy atom. The third kappa shape index (κ3) is 4.62. The van der Waals surface area contributed by atoms with Gasteiger partial charge in [0.15, 0.2) is 0 Å². The molecule has 1 saturated carbocycles. The van der Waals surface area contributed by atoms with Crippen molar-refractivity contribution in [3.8, 4) is 0 Å². The molecule has 1 aromatic heterocycles. The molecule has 1 aliphatic carbocycles. The van der Waals surface area contributed by atoms with Crippen LogP contribution in [-0.2, 0) is 6.54 Å².